The van der Waals surface area contributed by atoms with Crippen molar-refractivity contribution in [3.8, 4) is 0 Å². The predicted molar refractivity (Wildman–Crippen MR) is 355 cm³/mol. The van der Waals surface area contributed by atoms with Gasteiger partial charge >= 0.3 is 47.8 Å². The monoisotopic (exact) mass is 1430 g/mol. The summed E-state index contributed by atoms with van der Waals surface area (Å²) in [4.78, 5) is 180. The molecule has 1 aromatic carbocycles. The van der Waals surface area contributed by atoms with E-state index in [1.165, 1.54) is 31.7 Å². The van der Waals surface area contributed by atoms with Crippen molar-refractivity contribution in [3.05, 3.63) is 29.8 Å². The van der Waals surface area contributed by atoms with E-state index in [-0.39, 0.29) is 128 Å². The van der Waals surface area contributed by atoms with Gasteiger partial charge in [-0.1, -0.05) is 33.6 Å². The number of aliphatic carboxylic acids is 8. The van der Waals surface area contributed by atoms with E-state index in [0.29, 0.717) is 37.0 Å². The van der Waals surface area contributed by atoms with Crippen molar-refractivity contribution in [2.24, 2.45) is 5.41 Å². The van der Waals surface area contributed by atoms with E-state index in [4.69, 9.17) is 5.11 Å². The summed E-state index contributed by atoms with van der Waals surface area (Å²) in [5.41, 5.74) is -1.84. The van der Waals surface area contributed by atoms with Crippen LogP contribution in [0.3, 0.4) is 0 Å². The number of carboxylic acid groups (broad SMARTS) is 8. The molecule has 1 saturated heterocycles. The minimum atomic E-state index is -1.65. The molecule has 1 unspecified atom stereocenters. The average Bonchev–Trinajstić information content (AvgIpc) is 0.796. The Bertz CT molecular complexity index is 2830. The number of carbonyl (C=O) groups is 14. The van der Waals surface area contributed by atoms with Gasteiger partial charge < -0.3 is 82.9 Å². The molecule has 14 N–H and O–H groups in total. The van der Waals surface area contributed by atoms with E-state index >= 15 is 4.39 Å². The normalized spacial score (nSPS) is 16.0. The number of hydrogen-bond donors (Lipinski definition) is 14. The number of carbonyl (C=O) groups excluding carboxylic acids is 7. The fourth-order valence-corrected chi connectivity index (χ4v) is 13.2. The van der Waals surface area contributed by atoms with Gasteiger partial charge in [0.15, 0.2) is 4.90 Å². The van der Waals surface area contributed by atoms with Crippen LogP contribution < -0.4 is 42.3 Å². The number of unbranched alkanes of at least 4 members (excludes halogenated alkanes) is 5. The van der Waals surface area contributed by atoms with Gasteiger partial charge in [0.05, 0.1) is 30.0 Å². The lowest BCUT2D eigenvalue weighted by Crippen LogP contribution is -2.56. The molecule has 33 nitrogen and oxygen atoms in total. The molecule has 0 aliphatic carbocycles. The Morgan fingerprint density at radius 1 is 0.475 bits per heavy atom. The molecule has 0 radical (unpaired) electrons. The van der Waals surface area contributed by atoms with Crippen molar-refractivity contribution in [2.45, 2.75) is 190 Å². The highest BCUT2D eigenvalue weighted by Gasteiger charge is 2.49. The van der Waals surface area contributed by atoms with Crippen LogP contribution in [0.25, 0.3) is 0 Å². The standard InChI is InChI=1S/C64H102FN11O22S/c1-63(2,3)61(65)99(64(4,5)6)42-21-19-41(20-22-42)55(88)68-37-46(69-50(79)25-24-47(60(96)97)76-35-33-74(39-53(84)85)31-29-73(38-52(82)83)30-32-75(34-36-76)40-54(86)87)56(89)70-43(57(90)91)15-11-13-27-66-48(77)17-9-7-8-10-18-49(78)67-28-14-12-16-44(58(92)93)71-62(98)72-45(59(94)95)23-26-51(80)81/h19-22,43-47,61H,7-18,23-40H2,1-6H3,(H14-,66,67,68,69,70,71,72,77,78,79,80,81,82,83,84,85,86,87,88,89,90,91,92,93,94,95,96,97,98)/t43-,44-,45-,46+,47+,61+,99?/m0/s1. The average molecular weight is 1430 g/mol. The van der Waals surface area contributed by atoms with E-state index in [1.807, 2.05) is 26.1 Å². The van der Waals surface area contributed by atoms with Crippen LogP contribution in [0.4, 0.5) is 9.18 Å². The highest BCUT2D eigenvalue weighted by molar-refractivity contribution is 7.98. The van der Waals surface area contributed by atoms with Crippen molar-refractivity contribution in [2.75, 3.05) is 91.6 Å². The zero-order valence-electron chi connectivity index (χ0n) is 57.3. The summed E-state index contributed by atoms with van der Waals surface area (Å²) in [5, 5.41) is 96.5. The number of alkyl halides is 1. The fourth-order valence-electron chi connectivity index (χ4n) is 10.5. The van der Waals surface area contributed by atoms with Crippen molar-refractivity contribution in [3.63, 3.8) is 0 Å². The van der Waals surface area contributed by atoms with Gasteiger partial charge in [0, 0.05) is 115 Å². The first-order valence-corrected chi connectivity index (χ1v) is 34.3. The molecule has 0 bridgehead atoms. The zero-order chi connectivity index (χ0) is 74.6. The van der Waals surface area contributed by atoms with Crippen LogP contribution in [0, 0.1) is 5.41 Å². The highest BCUT2D eigenvalue weighted by atomic mass is 32.2. The van der Waals surface area contributed by atoms with Gasteiger partial charge in [-0.15, -0.1) is 0 Å². The minimum Gasteiger partial charge on any atom is -0.549 e. The number of benzene rings is 1. The Balaban J connectivity index is 2.10. The predicted octanol–water partition coefficient (Wildman–Crippen LogP) is -0.0539. The first-order chi connectivity index (χ1) is 46.4. The molecule has 1 aliphatic heterocycles. The number of amides is 7. The van der Waals surface area contributed by atoms with Crippen LogP contribution >= 0.6 is 0 Å². The maximum atomic E-state index is 16.0. The Labute approximate surface area is 577 Å². The molecular weight excluding hydrogens is 1330 g/mol. The SMILES string of the molecule is CC(C)(C)[C@H](F)[S+](c1ccc(C(=O)NC[C@@H](NC(=O)CC[C@H](C(=O)O)N2CCN(CC(=O)[O-])CCN(CC(=O)O)CCN(CC(=O)O)CC2)C(=O)N[C@@H](CCCCNC(=O)CCCCCCC(=O)NCCCC[C@H](NC(=O)N[C@@H](CCC(=O)O)C(=O)O)C(=O)O)C(=O)O)cc1)C(C)(C)C. The molecule has 7 atom stereocenters. The molecule has 0 saturated carbocycles. The third kappa shape index (κ3) is 36.4. The van der Waals surface area contributed by atoms with Gasteiger partial charge in [-0.2, -0.15) is 4.39 Å². The summed E-state index contributed by atoms with van der Waals surface area (Å²) in [6.45, 7) is 9.26. The van der Waals surface area contributed by atoms with E-state index in [9.17, 15) is 103 Å². The van der Waals surface area contributed by atoms with Gasteiger partial charge in [-0.3, -0.25) is 62.8 Å². The van der Waals surface area contributed by atoms with Gasteiger partial charge in [0.2, 0.25) is 23.6 Å². The largest absolute Gasteiger partial charge is 0.549 e. The van der Waals surface area contributed by atoms with Crippen LogP contribution in [0.2, 0.25) is 0 Å². The van der Waals surface area contributed by atoms with Crippen molar-refractivity contribution >= 4 is 94.2 Å². The molecule has 0 spiro atoms. The number of halogens is 1. The smallest absolute Gasteiger partial charge is 0.326 e. The lowest BCUT2D eigenvalue weighted by atomic mass is 9.99. The quantitative estimate of drug-likeness (QED) is 0.0301. The second-order valence-electron chi connectivity index (χ2n) is 26.2. The van der Waals surface area contributed by atoms with Gasteiger partial charge in [0.1, 0.15) is 35.0 Å². The molecule has 1 heterocycles. The van der Waals surface area contributed by atoms with E-state index in [1.54, 1.807) is 32.9 Å². The highest BCUT2D eigenvalue weighted by Crippen LogP contribution is 2.40. The molecule has 99 heavy (non-hydrogen) atoms. The maximum Gasteiger partial charge on any atom is 0.326 e. The molecule has 0 aromatic heterocycles. The van der Waals surface area contributed by atoms with Gasteiger partial charge in [-0.25, -0.2) is 19.2 Å². The maximum absolute atomic E-state index is 16.0. The Kier molecular flexibility index (Phi) is 39.2. The molecule has 2 rings (SSSR count). The summed E-state index contributed by atoms with van der Waals surface area (Å²) in [6, 6.07) is -2.41. The molecule has 1 aromatic rings. The first kappa shape index (κ1) is 86.8. The molecule has 1 aliphatic rings. The van der Waals surface area contributed by atoms with Crippen molar-refractivity contribution < 1.29 is 112 Å². The Hall–Kier alpha value is -8.28. The molecule has 1 fully saturated rings. The zero-order valence-corrected chi connectivity index (χ0v) is 58.1. The second-order valence-corrected chi connectivity index (χ2v) is 29.0. The number of rotatable bonds is 44. The lowest BCUT2D eigenvalue weighted by molar-refractivity contribution is -0.306. The van der Waals surface area contributed by atoms with Crippen LogP contribution in [0.1, 0.15) is 155 Å². The number of carboxylic acids is 8. The van der Waals surface area contributed by atoms with Crippen LogP contribution in [0.15, 0.2) is 29.2 Å². The summed E-state index contributed by atoms with van der Waals surface area (Å²) in [6.07, 6.45) is 1.60. The number of nitrogens with one attached hydrogen (secondary N) is 7. The third-order valence-electron chi connectivity index (χ3n) is 15.9. The van der Waals surface area contributed by atoms with Crippen LogP contribution in [0.5, 0.6) is 0 Å². The Morgan fingerprint density at radius 3 is 1.33 bits per heavy atom. The van der Waals surface area contributed by atoms with Crippen molar-refractivity contribution in [1.82, 2.24) is 56.8 Å². The first-order valence-electron chi connectivity index (χ1n) is 33.0. The number of urea groups is 1. The summed E-state index contributed by atoms with van der Waals surface area (Å²) < 4.78 is 15.5. The third-order valence-corrected chi connectivity index (χ3v) is 19.1. The number of nitrogens with zero attached hydrogens (tertiary/aromatic N) is 4. The van der Waals surface area contributed by atoms with Gasteiger partial charge in [0.25, 0.3) is 11.4 Å². The lowest BCUT2D eigenvalue weighted by Gasteiger charge is -2.35. The van der Waals surface area contributed by atoms with Gasteiger partial charge in [-0.05, 0) is 109 Å². The minimum absolute atomic E-state index is 0.0157. The summed E-state index contributed by atoms with van der Waals surface area (Å²) in [5.74, 6) is -14.0. The summed E-state index contributed by atoms with van der Waals surface area (Å²) in [7, 11) is -0.927. The molecule has 7 amide bonds. The second kappa shape index (κ2) is 44.7. The molecule has 558 valence electrons. The molecular formula is C64H102FN11O22S. The molecule has 35 heteroatoms. The van der Waals surface area contributed by atoms with Crippen molar-refractivity contribution in [1.29, 1.82) is 0 Å². The Morgan fingerprint density at radius 2 is 0.919 bits per heavy atom. The van der Waals surface area contributed by atoms with Crippen LogP contribution in [-0.2, 0) is 68.4 Å². The summed E-state index contributed by atoms with van der Waals surface area (Å²) >= 11 is 0. The topological polar surface area (TPSA) is 501 Å². The fraction of sp³-hybridized carbons (Fsp3) is 0.688. The van der Waals surface area contributed by atoms with Crippen LogP contribution in [-0.4, -0.2) is 271 Å². The van der Waals surface area contributed by atoms with E-state index in [0.717, 1.165) is 0 Å². The number of hydrogen-bond acceptors (Lipinski definition) is 19. The van der Waals surface area contributed by atoms with E-state index < -0.39 is 180 Å². The van der Waals surface area contributed by atoms with E-state index in [2.05, 4.69) is 31.9 Å².